The fraction of sp³-hybridized carbons (Fsp3) is 0.571. The van der Waals surface area contributed by atoms with Gasteiger partial charge in [0.1, 0.15) is 5.82 Å². The normalized spacial score (nSPS) is 17.2. The average Bonchev–Trinajstić information content (AvgIpc) is 2.83. The van der Waals surface area contributed by atoms with Crippen LogP contribution in [-0.2, 0) is 0 Å². The van der Waals surface area contributed by atoms with Gasteiger partial charge in [0.05, 0.1) is 11.2 Å². The molecule has 0 unspecified atom stereocenters. The van der Waals surface area contributed by atoms with E-state index in [1.807, 2.05) is 14.1 Å². The number of hydrogen-bond acceptors (Lipinski definition) is 4. The third kappa shape index (κ3) is 3.23. The van der Waals surface area contributed by atoms with E-state index in [2.05, 4.69) is 10.3 Å². The Kier molecular flexibility index (Phi) is 4.04. The highest BCUT2D eigenvalue weighted by Gasteiger charge is 2.31. The number of nitrogens with zero attached hydrogens (tertiary/aromatic N) is 2. The molecule has 5 heteroatoms. The smallest absolute Gasteiger partial charge is 0.255 e. The lowest BCUT2D eigenvalue weighted by Gasteiger charge is -2.23. The highest BCUT2D eigenvalue weighted by Crippen LogP contribution is 2.28. The molecule has 0 spiro atoms. The molecule has 1 aromatic heterocycles. The first kappa shape index (κ1) is 13.8. The summed E-state index contributed by atoms with van der Waals surface area (Å²) in [7, 11) is 3.70. The molecule has 1 aromatic rings. The number of rotatable bonds is 4. The Balaban J connectivity index is 2.04. The Morgan fingerprint density at radius 3 is 2.79 bits per heavy atom. The maximum absolute atomic E-state index is 12.2. The molecular formula is C14H21N3O2. The van der Waals surface area contributed by atoms with E-state index in [-0.39, 0.29) is 5.91 Å². The van der Waals surface area contributed by atoms with Gasteiger partial charge in [-0.2, -0.15) is 0 Å². The quantitative estimate of drug-likeness (QED) is 0.856. The molecule has 0 aliphatic heterocycles. The number of aliphatic hydroxyl groups is 1. The van der Waals surface area contributed by atoms with Crippen molar-refractivity contribution < 1.29 is 9.90 Å². The fourth-order valence-electron chi connectivity index (χ4n) is 2.48. The first-order valence-corrected chi connectivity index (χ1v) is 6.65. The first-order chi connectivity index (χ1) is 9.02. The van der Waals surface area contributed by atoms with Gasteiger partial charge in [-0.1, -0.05) is 12.8 Å². The Morgan fingerprint density at radius 1 is 1.47 bits per heavy atom. The molecule has 1 fully saturated rings. The van der Waals surface area contributed by atoms with E-state index in [4.69, 9.17) is 0 Å². The van der Waals surface area contributed by atoms with E-state index in [0.717, 1.165) is 25.7 Å². The number of hydrogen-bond donors (Lipinski definition) is 2. The molecule has 0 atom stereocenters. The van der Waals surface area contributed by atoms with Gasteiger partial charge in [-0.15, -0.1) is 0 Å². The van der Waals surface area contributed by atoms with Crippen LogP contribution in [0, 0.1) is 0 Å². The molecule has 1 amide bonds. The standard InChI is InChI=1S/C14H21N3O2/c1-17(2)12-11(6-5-9-15-12)13(18)16-10-14(19)7-3-4-8-14/h5-6,9,19H,3-4,7-8,10H2,1-2H3,(H,16,18). The van der Waals surface area contributed by atoms with Crippen LogP contribution < -0.4 is 10.2 Å². The maximum Gasteiger partial charge on any atom is 0.255 e. The van der Waals surface area contributed by atoms with Crippen LogP contribution in [0.4, 0.5) is 5.82 Å². The molecule has 5 nitrogen and oxygen atoms in total. The van der Waals surface area contributed by atoms with Crippen LogP contribution in [0.5, 0.6) is 0 Å². The van der Waals surface area contributed by atoms with E-state index in [1.54, 1.807) is 23.2 Å². The van der Waals surface area contributed by atoms with Crippen molar-refractivity contribution in [3.63, 3.8) is 0 Å². The predicted octanol–water partition coefficient (Wildman–Crippen LogP) is 1.18. The van der Waals surface area contributed by atoms with Crippen LogP contribution in [0.3, 0.4) is 0 Å². The molecule has 104 valence electrons. The third-order valence-electron chi connectivity index (χ3n) is 3.57. The Bertz CT molecular complexity index is 454. The Hall–Kier alpha value is -1.62. The van der Waals surface area contributed by atoms with E-state index >= 15 is 0 Å². The van der Waals surface area contributed by atoms with E-state index < -0.39 is 5.60 Å². The van der Waals surface area contributed by atoms with E-state index in [1.165, 1.54) is 0 Å². The molecule has 1 aliphatic rings. The van der Waals surface area contributed by atoms with Crippen LogP contribution in [0.25, 0.3) is 0 Å². The second kappa shape index (κ2) is 5.57. The van der Waals surface area contributed by atoms with Gasteiger partial charge >= 0.3 is 0 Å². The number of carbonyl (C=O) groups excluding carboxylic acids is 1. The molecule has 0 radical (unpaired) electrons. The molecule has 19 heavy (non-hydrogen) atoms. The van der Waals surface area contributed by atoms with Crippen LogP contribution in [0.2, 0.25) is 0 Å². The topological polar surface area (TPSA) is 65.5 Å². The number of pyridine rings is 1. The molecule has 1 aliphatic carbocycles. The maximum atomic E-state index is 12.2. The number of anilines is 1. The number of carbonyl (C=O) groups is 1. The zero-order valence-electron chi connectivity index (χ0n) is 11.5. The van der Waals surface area contributed by atoms with Crippen molar-refractivity contribution in [1.82, 2.24) is 10.3 Å². The van der Waals surface area contributed by atoms with E-state index in [9.17, 15) is 9.90 Å². The number of nitrogens with one attached hydrogen (secondary N) is 1. The van der Waals surface area contributed by atoms with Gasteiger partial charge in [0.25, 0.3) is 5.91 Å². The summed E-state index contributed by atoms with van der Waals surface area (Å²) < 4.78 is 0. The molecule has 0 saturated heterocycles. The Labute approximate surface area is 113 Å². The highest BCUT2D eigenvalue weighted by atomic mass is 16.3. The summed E-state index contributed by atoms with van der Waals surface area (Å²) in [6.07, 6.45) is 5.25. The summed E-state index contributed by atoms with van der Waals surface area (Å²) >= 11 is 0. The second-order valence-electron chi connectivity index (χ2n) is 5.38. The zero-order chi connectivity index (χ0) is 13.9. The summed E-state index contributed by atoms with van der Waals surface area (Å²) in [6, 6.07) is 3.49. The van der Waals surface area contributed by atoms with Crippen LogP contribution in [-0.4, -0.2) is 42.2 Å². The number of amides is 1. The van der Waals surface area contributed by atoms with E-state index in [0.29, 0.717) is 17.9 Å². The van der Waals surface area contributed by atoms with Crippen LogP contribution in [0.15, 0.2) is 18.3 Å². The van der Waals surface area contributed by atoms with Gasteiger partial charge in [-0.05, 0) is 25.0 Å². The predicted molar refractivity (Wildman–Crippen MR) is 74.3 cm³/mol. The molecule has 2 rings (SSSR count). The van der Waals surface area contributed by atoms with Crippen molar-refractivity contribution in [3.8, 4) is 0 Å². The summed E-state index contributed by atoms with van der Waals surface area (Å²) in [5.74, 6) is 0.454. The lowest BCUT2D eigenvalue weighted by atomic mass is 10.0. The molecule has 1 saturated carbocycles. The molecule has 0 aromatic carbocycles. The van der Waals surface area contributed by atoms with Gasteiger partial charge in [-0.3, -0.25) is 4.79 Å². The Morgan fingerprint density at radius 2 is 2.16 bits per heavy atom. The largest absolute Gasteiger partial charge is 0.388 e. The summed E-state index contributed by atoms with van der Waals surface area (Å²) in [6.45, 7) is 0.313. The molecule has 2 N–H and O–H groups in total. The fourth-order valence-corrected chi connectivity index (χ4v) is 2.48. The summed E-state index contributed by atoms with van der Waals surface area (Å²) in [5, 5.41) is 13.0. The lowest BCUT2D eigenvalue weighted by molar-refractivity contribution is 0.0450. The second-order valence-corrected chi connectivity index (χ2v) is 5.38. The SMILES string of the molecule is CN(C)c1ncccc1C(=O)NCC1(O)CCCC1. The van der Waals surface area contributed by atoms with Crippen molar-refractivity contribution in [1.29, 1.82) is 0 Å². The zero-order valence-corrected chi connectivity index (χ0v) is 11.5. The van der Waals surface area contributed by atoms with Gasteiger partial charge in [-0.25, -0.2) is 4.98 Å². The lowest BCUT2D eigenvalue weighted by Crippen LogP contribution is -2.41. The van der Waals surface area contributed by atoms with Gasteiger partial charge in [0.2, 0.25) is 0 Å². The first-order valence-electron chi connectivity index (χ1n) is 6.65. The van der Waals surface area contributed by atoms with Gasteiger partial charge < -0.3 is 15.3 Å². The molecule has 0 bridgehead atoms. The van der Waals surface area contributed by atoms with Crippen molar-refractivity contribution in [3.05, 3.63) is 23.9 Å². The summed E-state index contributed by atoms with van der Waals surface area (Å²) in [4.78, 5) is 18.2. The third-order valence-corrected chi connectivity index (χ3v) is 3.57. The van der Waals surface area contributed by atoms with Gasteiger partial charge in [0.15, 0.2) is 0 Å². The van der Waals surface area contributed by atoms with Gasteiger partial charge in [0, 0.05) is 26.8 Å². The van der Waals surface area contributed by atoms with Crippen LogP contribution in [0.1, 0.15) is 36.0 Å². The number of aromatic nitrogens is 1. The van der Waals surface area contributed by atoms with Crippen molar-refractivity contribution in [2.24, 2.45) is 0 Å². The minimum absolute atomic E-state index is 0.183. The van der Waals surface area contributed by atoms with Crippen molar-refractivity contribution in [2.75, 3.05) is 25.5 Å². The molecular weight excluding hydrogens is 242 g/mol. The highest BCUT2D eigenvalue weighted by molar-refractivity contribution is 5.98. The average molecular weight is 263 g/mol. The van der Waals surface area contributed by atoms with Crippen molar-refractivity contribution >= 4 is 11.7 Å². The monoisotopic (exact) mass is 263 g/mol. The van der Waals surface area contributed by atoms with Crippen LogP contribution >= 0.6 is 0 Å². The molecule has 1 heterocycles. The van der Waals surface area contributed by atoms with Crippen molar-refractivity contribution in [2.45, 2.75) is 31.3 Å². The minimum atomic E-state index is -0.726. The minimum Gasteiger partial charge on any atom is -0.388 e. The summed E-state index contributed by atoms with van der Waals surface area (Å²) in [5.41, 5.74) is -0.190.